The van der Waals surface area contributed by atoms with E-state index < -0.39 is 0 Å². The number of rotatable bonds is 5. The molecule has 1 aliphatic heterocycles. The van der Waals surface area contributed by atoms with Gasteiger partial charge in [-0.15, -0.1) is 0 Å². The van der Waals surface area contributed by atoms with Gasteiger partial charge in [0.05, 0.1) is 6.04 Å². The van der Waals surface area contributed by atoms with Gasteiger partial charge in [-0.2, -0.15) is 0 Å². The van der Waals surface area contributed by atoms with Crippen LogP contribution in [0.4, 0.5) is 11.4 Å². The SMILES string of the molecule is Cc1cccc(C(C)C)c1NC(=O)[C@H](C)N1CCN(c2ccc(O)cc2)CC1. The van der Waals surface area contributed by atoms with Crippen molar-refractivity contribution in [2.24, 2.45) is 0 Å². The molecular weight excluding hydrogens is 350 g/mol. The minimum atomic E-state index is -0.179. The summed E-state index contributed by atoms with van der Waals surface area (Å²) in [6.07, 6.45) is 0. The molecule has 5 nitrogen and oxygen atoms in total. The molecule has 28 heavy (non-hydrogen) atoms. The molecular formula is C23H31N3O2. The van der Waals surface area contributed by atoms with Crippen molar-refractivity contribution in [2.75, 3.05) is 36.4 Å². The first kappa shape index (κ1) is 20.2. The number of amides is 1. The van der Waals surface area contributed by atoms with Crippen LogP contribution in [-0.2, 0) is 4.79 Å². The van der Waals surface area contributed by atoms with E-state index in [0.717, 1.165) is 43.1 Å². The Morgan fingerprint density at radius 1 is 1.00 bits per heavy atom. The minimum absolute atomic E-state index is 0.0503. The molecule has 150 valence electrons. The molecule has 0 radical (unpaired) electrons. The maximum atomic E-state index is 12.9. The number of hydrogen-bond donors (Lipinski definition) is 2. The van der Waals surface area contributed by atoms with Crippen LogP contribution in [0.2, 0.25) is 0 Å². The lowest BCUT2D eigenvalue weighted by atomic mass is 9.98. The smallest absolute Gasteiger partial charge is 0.241 e. The Labute approximate surface area is 168 Å². The lowest BCUT2D eigenvalue weighted by Gasteiger charge is -2.38. The van der Waals surface area contributed by atoms with E-state index >= 15 is 0 Å². The minimum Gasteiger partial charge on any atom is -0.508 e. The fourth-order valence-electron chi connectivity index (χ4n) is 3.77. The van der Waals surface area contributed by atoms with Crippen molar-refractivity contribution in [3.8, 4) is 5.75 Å². The summed E-state index contributed by atoms with van der Waals surface area (Å²) in [6.45, 7) is 11.7. The van der Waals surface area contributed by atoms with E-state index in [9.17, 15) is 9.90 Å². The summed E-state index contributed by atoms with van der Waals surface area (Å²) in [6, 6.07) is 13.3. The topological polar surface area (TPSA) is 55.8 Å². The number of nitrogens with zero attached hydrogens (tertiary/aromatic N) is 2. The molecule has 2 N–H and O–H groups in total. The average molecular weight is 382 g/mol. The molecule has 1 fully saturated rings. The van der Waals surface area contributed by atoms with E-state index in [4.69, 9.17) is 0 Å². The zero-order chi connectivity index (χ0) is 20.3. The number of hydrogen-bond acceptors (Lipinski definition) is 4. The fourth-order valence-corrected chi connectivity index (χ4v) is 3.77. The van der Waals surface area contributed by atoms with Crippen LogP contribution >= 0.6 is 0 Å². The van der Waals surface area contributed by atoms with Gasteiger partial charge in [-0.3, -0.25) is 9.69 Å². The van der Waals surface area contributed by atoms with Crippen LogP contribution in [0, 0.1) is 6.92 Å². The molecule has 0 aromatic heterocycles. The van der Waals surface area contributed by atoms with E-state index in [1.165, 1.54) is 5.56 Å². The van der Waals surface area contributed by atoms with Gasteiger partial charge in [0.2, 0.25) is 5.91 Å². The summed E-state index contributed by atoms with van der Waals surface area (Å²) in [5.74, 6) is 0.693. The zero-order valence-corrected chi connectivity index (χ0v) is 17.3. The molecule has 1 amide bonds. The van der Waals surface area contributed by atoms with E-state index in [1.807, 2.05) is 38.1 Å². The number of piperazine rings is 1. The molecule has 0 spiro atoms. The molecule has 0 saturated carbocycles. The molecule has 1 atom stereocenters. The van der Waals surface area contributed by atoms with Gasteiger partial charge in [0.1, 0.15) is 5.75 Å². The van der Waals surface area contributed by atoms with Gasteiger partial charge in [0.15, 0.2) is 0 Å². The first-order chi connectivity index (χ1) is 13.4. The van der Waals surface area contributed by atoms with E-state index in [-0.39, 0.29) is 17.7 Å². The second-order valence-electron chi connectivity index (χ2n) is 7.90. The predicted molar refractivity (Wildman–Crippen MR) is 115 cm³/mol. The van der Waals surface area contributed by atoms with Gasteiger partial charge in [0.25, 0.3) is 0 Å². The molecule has 3 rings (SSSR count). The van der Waals surface area contributed by atoms with Gasteiger partial charge in [-0.05, 0) is 55.2 Å². The van der Waals surface area contributed by atoms with Crippen molar-refractivity contribution in [3.05, 3.63) is 53.6 Å². The van der Waals surface area contributed by atoms with Crippen molar-refractivity contribution in [1.82, 2.24) is 4.90 Å². The zero-order valence-electron chi connectivity index (χ0n) is 17.3. The summed E-state index contributed by atoms with van der Waals surface area (Å²) in [4.78, 5) is 17.5. The number of para-hydroxylation sites is 1. The predicted octanol–water partition coefficient (Wildman–Crippen LogP) is 3.97. The van der Waals surface area contributed by atoms with Crippen molar-refractivity contribution in [2.45, 2.75) is 39.7 Å². The summed E-state index contributed by atoms with van der Waals surface area (Å²) in [5, 5.41) is 12.6. The first-order valence-electron chi connectivity index (χ1n) is 10.0. The van der Waals surface area contributed by atoms with Crippen molar-refractivity contribution < 1.29 is 9.90 Å². The highest BCUT2D eigenvalue weighted by molar-refractivity contribution is 5.96. The monoisotopic (exact) mass is 381 g/mol. The number of phenols is 1. The van der Waals surface area contributed by atoms with Crippen molar-refractivity contribution >= 4 is 17.3 Å². The summed E-state index contributed by atoms with van der Waals surface area (Å²) in [5.41, 5.74) is 4.34. The van der Waals surface area contributed by atoms with Crippen LogP contribution in [0.3, 0.4) is 0 Å². The molecule has 0 aliphatic carbocycles. The van der Waals surface area contributed by atoms with E-state index in [0.29, 0.717) is 5.92 Å². The lowest BCUT2D eigenvalue weighted by Crippen LogP contribution is -2.52. The Kier molecular flexibility index (Phi) is 6.25. The van der Waals surface area contributed by atoms with Crippen molar-refractivity contribution in [1.29, 1.82) is 0 Å². The molecule has 1 heterocycles. The quantitative estimate of drug-likeness (QED) is 0.823. The maximum Gasteiger partial charge on any atom is 0.241 e. The standard InChI is InChI=1S/C23H31N3O2/c1-16(2)21-7-5-6-17(3)22(21)24-23(28)18(4)25-12-14-26(15-13-25)19-8-10-20(27)11-9-19/h5-11,16,18,27H,12-15H2,1-4H3,(H,24,28)/t18-/m0/s1. The van der Waals surface area contributed by atoms with Gasteiger partial charge >= 0.3 is 0 Å². The van der Waals surface area contributed by atoms with Gasteiger partial charge in [-0.25, -0.2) is 0 Å². The number of benzene rings is 2. The highest BCUT2D eigenvalue weighted by Crippen LogP contribution is 2.28. The third kappa shape index (κ3) is 4.47. The summed E-state index contributed by atoms with van der Waals surface area (Å²) >= 11 is 0. The van der Waals surface area contributed by atoms with Crippen molar-refractivity contribution in [3.63, 3.8) is 0 Å². The van der Waals surface area contributed by atoms with E-state index in [1.54, 1.807) is 12.1 Å². The second kappa shape index (κ2) is 8.65. The second-order valence-corrected chi connectivity index (χ2v) is 7.90. The lowest BCUT2D eigenvalue weighted by molar-refractivity contribution is -0.120. The largest absolute Gasteiger partial charge is 0.508 e. The molecule has 0 unspecified atom stereocenters. The number of aryl methyl sites for hydroxylation is 1. The highest BCUT2D eigenvalue weighted by Gasteiger charge is 2.26. The third-order valence-corrected chi connectivity index (χ3v) is 5.63. The third-order valence-electron chi connectivity index (χ3n) is 5.63. The van der Waals surface area contributed by atoms with Crippen LogP contribution in [-0.4, -0.2) is 48.1 Å². The number of anilines is 2. The number of carbonyl (C=O) groups is 1. The van der Waals surface area contributed by atoms with Crippen LogP contribution < -0.4 is 10.2 Å². The van der Waals surface area contributed by atoms with Gasteiger partial charge in [0, 0.05) is 37.6 Å². The normalized spacial score (nSPS) is 16.2. The van der Waals surface area contributed by atoms with Gasteiger partial charge < -0.3 is 15.3 Å². The summed E-state index contributed by atoms with van der Waals surface area (Å²) < 4.78 is 0. The fraction of sp³-hybridized carbons (Fsp3) is 0.435. The number of nitrogens with one attached hydrogen (secondary N) is 1. The average Bonchev–Trinajstić information content (AvgIpc) is 2.69. The van der Waals surface area contributed by atoms with Crippen LogP contribution in [0.5, 0.6) is 5.75 Å². The molecule has 0 bridgehead atoms. The molecule has 1 aliphatic rings. The molecule has 2 aromatic carbocycles. The summed E-state index contributed by atoms with van der Waals surface area (Å²) in [7, 11) is 0. The highest BCUT2D eigenvalue weighted by atomic mass is 16.3. The maximum absolute atomic E-state index is 12.9. The van der Waals surface area contributed by atoms with Gasteiger partial charge in [-0.1, -0.05) is 32.0 Å². The van der Waals surface area contributed by atoms with Crippen LogP contribution in [0.25, 0.3) is 0 Å². The first-order valence-corrected chi connectivity index (χ1v) is 10.0. The Hall–Kier alpha value is -2.53. The Morgan fingerprint density at radius 3 is 2.25 bits per heavy atom. The van der Waals surface area contributed by atoms with Crippen LogP contribution in [0.1, 0.15) is 37.8 Å². The Morgan fingerprint density at radius 2 is 1.64 bits per heavy atom. The number of aromatic hydroxyl groups is 1. The van der Waals surface area contributed by atoms with Crippen LogP contribution in [0.15, 0.2) is 42.5 Å². The Bertz CT molecular complexity index is 809. The number of phenolic OH excluding ortho intramolecular Hbond substituents is 1. The molecule has 1 saturated heterocycles. The molecule has 2 aromatic rings. The molecule has 5 heteroatoms. The Balaban J connectivity index is 1.62. The number of carbonyl (C=O) groups excluding carboxylic acids is 1. The van der Waals surface area contributed by atoms with E-state index in [2.05, 4.69) is 35.0 Å².